The van der Waals surface area contributed by atoms with Crippen molar-refractivity contribution in [3.63, 3.8) is 0 Å². The van der Waals surface area contributed by atoms with Crippen LogP contribution in [0.15, 0.2) is 34.5 Å². The molecule has 0 aliphatic carbocycles. The van der Waals surface area contributed by atoms with E-state index in [-0.39, 0.29) is 10.6 Å². The summed E-state index contributed by atoms with van der Waals surface area (Å²) in [6, 6.07) is 4.49. The largest absolute Gasteiger partial charge is 0.508 e. The zero-order valence-corrected chi connectivity index (χ0v) is 7.06. The molecule has 0 aliphatic heterocycles. The maximum absolute atomic E-state index is 10.9. The van der Waals surface area contributed by atoms with Crippen LogP contribution in [-0.4, -0.2) is 13.5 Å². The van der Waals surface area contributed by atoms with E-state index in [1.807, 2.05) is 0 Å². The van der Waals surface area contributed by atoms with E-state index in [0.717, 1.165) is 24.3 Å². The normalized spacial score (nSPS) is 10.8. The van der Waals surface area contributed by atoms with Crippen molar-refractivity contribution in [2.24, 2.45) is 5.34 Å². The van der Waals surface area contributed by atoms with Gasteiger partial charge in [-0.15, -0.1) is 4.91 Å². The van der Waals surface area contributed by atoms with Crippen LogP contribution < -0.4 is 0 Å². The lowest BCUT2D eigenvalue weighted by atomic mass is 10.3. The first kappa shape index (κ1) is 9.46. The minimum Gasteiger partial charge on any atom is -0.508 e. The van der Waals surface area contributed by atoms with Gasteiger partial charge in [0.05, 0.1) is 0 Å². The van der Waals surface area contributed by atoms with Gasteiger partial charge in [-0.25, -0.2) is 4.28 Å². The van der Waals surface area contributed by atoms with Crippen molar-refractivity contribution >= 4 is 10.1 Å². The van der Waals surface area contributed by atoms with E-state index in [4.69, 9.17) is 5.11 Å². The van der Waals surface area contributed by atoms with Crippen molar-refractivity contribution in [1.82, 2.24) is 0 Å². The third-order valence-electron chi connectivity index (χ3n) is 1.25. The highest BCUT2D eigenvalue weighted by Gasteiger charge is 2.15. The quantitative estimate of drug-likeness (QED) is 0.578. The fourth-order valence-corrected chi connectivity index (χ4v) is 1.33. The Labute approximate surface area is 73.8 Å². The van der Waals surface area contributed by atoms with Gasteiger partial charge in [-0.1, -0.05) is 0 Å². The molecule has 0 atom stereocenters. The average molecular weight is 203 g/mol. The van der Waals surface area contributed by atoms with Crippen molar-refractivity contribution < 1.29 is 17.8 Å². The molecule has 0 amide bonds. The number of phenolic OH excluding ortho intramolecular Hbond substituents is 1. The third-order valence-corrected chi connectivity index (χ3v) is 2.36. The number of aromatic hydroxyl groups is 1. The molecule has 0 unspecified atom stereocenters. The van der Waals surface area contributed by atoms with Crippen LogP contribution in [0.1, 0.15) is 0 Å². The monoisotopic (exact) mass is 203 g/mol. The molecule has 0 heterocycles. The van der Waals surface area contributed by atoms with Gasteiger partial charge in [-0.2, -0.15) is 8.42 Å². The molecule has 0 radical (unpaired) electrons. The molecule has 6 nitrogen and oxygen atoms in total. The Morgan fingerprint density at radius 3 is 2.23 bits per heavy atom. The van der Waals surface area contributed by atoms with Crippen molar-refractivity contribution in [1.29, 1.82) is 0 Å². The van der Waals surface area contributed by atoms with Crippen LogP contribution in [-0.2, 0) is 14.4 Å². The molecule has 0 aliphatic rings. The van der Waals surface area contributed by atoms with E-state index in [0.29, 0.717) is 0 Å². The van der Waals surface area contributed by atoms with Crippen LogP contribution in [0.3, 0.4) is 0 Å². The van der Waals surface area contributed by atoms with Gasteiger partial charge in [0.25, 0.3) is 0 Å². The molecule has 13 heavy (non-hydrogen) atoms. The van der Waals surface area contributed by atoms with Gasteiger partial charge in [0, 0.05) is 0 Å². The van der Waals surface area contributed by atoms with E-state index < -0.39 is 10.1 Å². The highest BCUT2D eigenvalue weighted by atomic mass is 32.2. The lowest BCUT2D eigenvalue weighted by Gasteiger charge is -1.97. The molecule has 0 aromatic heterocycles. The molecule has 1 rings (SSSR count). The Bertz CT molecular complexity index is 396. The molecule has 70 valence electrons. The molecule has 0 spiro atoms. The van der Waals surface area contributed by atoms with Crippen LogP contribution in [0.5, 0.6) is 5.75 Å². The second-order valence-electron chi connectivity index (χ2n) is 2.10. The first-order chi connectivity index (χ1) is 6.06. The summed E-state index contributed by atoms with van der Waals surface area (Å²) >= 11 is 0. The second kappa shape index (κ2) is 3.40. The van der Waals surface area contributed by atoms with Crippen LogP contribution >= 0.6 is 0 Å². The SMILES string of the molecule is O=NOS(=O)(=O)c1ccc(O)cc1. The van der Waals surface area contributed by atoms with E-state index in [2.05, 4.69) is 4.28 Å². The summed E-state index contributed by atoms with van der Waals surface area (Å²) < 4.78 is 25.5. The first-order valence-electron chi connectivity index (χ1n) is 3.11. The summed E-state index contributed by atoms with van der Waals surface area (Å²) in [4.78, 5) is 9.31. The summed E-state index contributed by atoms with van der Waals surface area (Å²) in [5, 5.41) is 10.6. The fourth-order valence-electron chi connectivity index (χ4n) is 0.696. The summed E-state index contributed by atoms with van der Waals surface area (Å²) in [5.41, 5.74) is 0. The maximum Gasteiger partial charge on any atom is 0.361 e. The summed E-state index contributed by atoms with van der Waals surface area (Å²) in [5.74, 6) is -0.0852. The van der Waals surface area contributed by atoms with E-state index in [1.54, 1.807) is 5.34 Å². The number of benzene rings is 1. The maximum atomic E-state index is 10.9. The molecule has 0 saturated carbocycles. The molecular formula is C6H5NO5S. The van der Waals surface area contributed by atoms with Crippen molar-refractivity contribution in [2.45, 2.75) is 4.90 Å². The first-order valence-corrected chi connectivity index (χ1v) is 4.52. The Balaban J connectivity index is 3.08. The van der Waals surface area contributed by atoms with Gasteiger partial charge >= 0.3 is 10.1 Å². The Hall–Kier alpha value is -1.63. The van der Waals surface area contributed by atoms with Crippen LogP contribution in [0.4, 0.5) is 0 Å². The van der Waals surface area contributed by atoms with Gasteiger partial charge in [-0.05, 0) is 24.3 Å². The third kappa shape index (κ3) is 2.15. The predicted octanol–water partition coefficient (Wildman–Crippen LogP) is 0.779. The smallest absolute Gasteiger partial charge is 0.361 e. The standard InChI is InChI=1S/C6H5NO5S/c8-5-1-3-6(4-2-5)13(10,11)12-7-9/h1-4,8H. The van der Waals surface area contributed by atoms with Gasteiger partial charge in [0.2, 0.25) is 0 Å². The van der Waals surface area contributed by atoms with Gasteiger partial charge < -0.3 is 5.11 Å². The van der Waals surface area contributed by atoms with Gasteiger partial charge in [0.15, 0.2) is 5.34 Å². The van der Waals surface area contributed by atoms with Crippen molar-refractivity contribution in [3.8, 4) is 5.75 Å². The number of hydrogen-bond donors (Lipinski definition) is 1. The summed E-state index contributed by atoms with van der Waals surface area (Å²) in [6.45, 7) is 0. The van der Waals surface area contributed by atoms with Crippen LogP contribution in [0.25, 0.3) is 0 Å². The lowest BCUT2D eigenvalue weighted by Crippen LogP contribution is -2.01. The van der Waals surface area contributed by atoms with Crippen LogP contribution in [0.2, 0.25) is 0 Å². The lowest BCUT2D eigenvalue weighted by molar-refractivity contribution is 0.333. The zero-order chi connectivity index (χ0) is 9.90. The van der Waals surface area contributed by atoms with Crippen molar-refractivity contribution in [3.05, 3.63) is 29.2 Å². The molecule has 0 fully saturated rings. The zero-order valence-electron chi connectivity index (χ0n) is 6.25. The Kier molecular flexibility index (Phi) is 2.47. The summed E-state index contributed by atoms with van der Waals surface area (Å²) in [7, 11) is -4.12. The minimum atomic E-state index is -4.12. The number of rotatable bonds is 3. The number of nitrogens with zero attached hydrogens (tertiary/aromatic N) is 1. The Morgan fingerprint density at radius 1 is 1.23 bits per heavy atom. The molecule has 1 aromatic rings. The second-order valence-corrected chi connectivity index (χ2v) is 3.63. The predicted molar refractivity (Wildman–Crippen MR) is 42.2 cm³/mol. The summed E-state index contributed by atoms with van der Waals surface area (Å²) in [6.07, 6.45) is 0. The average Bonchev–Trinajstić information content (AvgIpc) is 2.05. The molecule has 1 aromatic carbocycles. The van der Waals surface area contributed by atoms with Crippen molar-refractivity contribution in [2.75, 3.05) is 0 Å². The fraction of sp³-hybridized carbons (Fsp3) is 0. The topological polar surface area (TPSA) is 93.0 Å². The van der Waals surface area contributed by atoms with Crippen LogP contribution in [0, 0.1) is 4.91 Å². The highest BCUT2D eigenvalue weighted by Crippen LogP contribution is 2.16. The van der Waals surface area contributed by atoms with E-state index in [1.165, 1.54) is 0 Å². The molecule has 0 bridgehead atoms. The minimum absolute atomic E-state index is 0.0852. The van der Waals surface area contributed by atoms with E-state index >= 15 is 0 Å². The van der Waals surface area contributed by atoms with Gasteiger partial charge in [0.1, 0.15) is 10.6 Å². The number of phenols is 1. The highest BCUT2D eigenvalue weighted by molar-refractivity contribution is 7.86. The molecule has 7 heteroatoms. The molecular weight excluding hydrogens is 198 g/mol. The molecule has 0 saturated heterocycles. The van der Waals surface area contributed by atoms with Gasteiger partial charge in [-0.3, -0.25) is 0 Å². The van der Waals surface area contributed by atoms with E-state index in [9.17, 15) is 13.3 Å². The molecule has 1 N–H and O–H groups in total. The Morgan fingerprint density at radius 2 is 1.77 bits per heavy atom. The number of hydrogen-bond acceptors (Lipinski definition) is 6.